The molecule has 0 aromatic rings. The molecular formula is C14H29NO. The van der Waals surface area contributed by atoms with Gasteiger partial charge in [-0.2, -0.15) is 0 Å². The lowest BCUT2D eigenvalue weighted by Gasteiger charge is -2.42. The fourth-order valence-electron chi connectivity index (χ4n) is 3.15. The van der Waals surface area contributed by atoms with Crippen molar-refractivity contribution in [3.05, 3.63) is 0 Å². The Morgan fingerprint density at radius 3 is 2.25 bits per heavy atom. The molecule has 0 amide bonds. The average molecular weight is 227 g/mol. The van der Waals surface area contributed by atoms with Gasteiger partial charge in [0.25, 0.3) is 0 Å². The zero-order valence-corrected chi connectivity index (χ0v) is 11.7. The SMILES string of the molecule is CCC(C)(OC)C(NC)C1CCC(C)CC1. The minimum Gasteiger partial charge on any atom is -0.377 e. The summed E-state index contributed by atoms with van der Waals surface area (Å²) in [6.45, 7) is 6.84. The van der Waals surface area contributed by atoms with Gasteiger partial charge in [-0.05, 0) is 45.1 Å². The summed E-state index contributed by atoms with van der Waals surface area (Å²) in [7, 11) is 3.93. The summed E-state index contributed by atoms with van der Waals surface area (Å²) in [4.78, 5) is 0. The van der Waals surface area contributed by atoms with Crippen LogP contribution in [0.3, 0.4) is 0 Å². The number of hydrogen-bond acceptors (Lipinski definition) is 2. The summed E-state index contributed by atoms with van der Waals surface area (Å²) in [6, 6.07) is 0.495. The summed E-state index contributed by atoms with van der Waals surface area (Å²) in [5, 5.41) is 3.50. The molecule has 0 heterocycles. The molecule has 1 fully saturated rings. The smallest absolute Gasteiger partial charge is 0.0802 e. The van der Waals surface area contributed by atoms with Crippen molar-refractivity contribution in [1.29, 1.82) is 0 Å². The van der Waals surface area contributed by atoms with E-state index in [0.29, 0.717) is 6.04 Å². The maximum Gasteiger partial charge on any atom is 0.0802 e. The molecule has 2 atom stereocenters. The Hall–Kier alpha value is -0.0800. The number of methoxy groups -OCH3 is 1. The molecule has 0 aromatic heterocycles. The van der Waals surface area contributed by atoms with Gasteiger partial charge in [-0.3, -0.25) is 0 Å². The van der Waals surface area contributed by atoms with E-state index in [2.05, 4.69) is 33.1 Å². The molecule has 1 aliphatic rings. The highest BCUT2D eigenvalue weighted by Gasteiger charge is 2.38. The lowest BCUT2D eigenvalue weighted by Crippen LogP contribution is -2.53. The third kappa shape index (κ3) is 2.98. The van der Waals surface area contributed by atoms with Crippen LogP contribution in [0.5, 0.6) is 0 Å². The quantitative estimate of drug-likeness (QED) is 0.778. The van der Waals surface area contributed by atoms with Crippen molar-refractivity contribution in [1.82, 2.24) is 5.32 Å². The van der Waals surface area contributed by atoms with E-state index in [1.807, 2.05) is 7.11 Å². The second kappa shape index (κ2) is 6.02. The fraction of sp³-hybridized carbons (Fsp3) is 1.00. The normalized spacial score (nSPS) is 32.1. The highest BCUT2D eigenvalue weighted by Crippen LogP contribution is 2.35. The summed E-state index contributed by atoms with van der Waals surface area (Å²) < 4.78 is 5.76. The van der Waals surface area contributed by atoms with Crippen molar-refractivity contribution in [3.8, 4) is 0 Å². The molecule has 0 radical (unpaired) electrons. The van der Waals surface area contributed by atoms with E-state index in [1.54, 1.807) is 0 Å². The van der Waals surface area contributed by atoms with Gasteiger partial charge < -0.3 is 10.1 Å². The average Bonchev–Trinajstić information content (AvgIpc) is 2.32. The monoisotopic (exact) mass is 227 g/mol. The van der Waals surface area contributed by atoms with Gasteiger partial charge >= 0.3 is 0 Å². The topological polar surface area (TPSA) is 21.3 Å². The van der Waals surface area contributed by atoms with Crippen molar-refractivity contribution >= 4 is 0 Å². The molecule has 0 spiro atoms. The molecule has 1 saturated carbocycles. The summed E-state index contributed by atoms with van der Waals surface area (Å²) in [5.74, 6) is 1.70. The van der Waals surface area contributed by atoms with E-state index in [1.165, 1.54) is 25.7 Å². The van der Waals surface area contributed by atoms with E-state index in [-0.39, 0.29) is 5.60 Å². The lowest BCUT2D eigenvalue weighted by molar-refractivity contribution is -0.0493. The standard InChI is InChI=1S/C14H29NO/c1-6-14(3,16-5)13(15-4)12-9-7-11(2)8-10-12/h11-13,15H,6-10H2,1-5H3. The second-order valence-electron chi connectivity index (χ2n) is 5.66. The highest BCUT2D eigenvalue weighted by molar-refractivity contribution is 4.93. The fourth-order valence-corrected chi connectivity index (χ4v) is 3.15. The van der Waals surface area contributed by atoms with Gasteiger partial charge in [-0.1, -0.05) is 26.7 Å². The first-order valence-electron chi connectivity index (χ1n) is 6.79. The van der Waals surface area contributed by atoms with Crippen LogP contribution in [0.25, 0.3) is 0 Å². The third-order valence-electron chi connectivity index (χ3n) is 4.67. The number of nitrogens with one attached hydrogen (secondary N) is 1. The number of ether oxygens (including phenoxy) is 1. The van der Waals surface area contributed by atoms with Crippen LogP contribution in [0.2, 0.25) is 0 Å². The van der Waals surface area contributed by atoms with Crippen molar-refractivity contribution in [3.63, 3.8) is 0 Å². The molecule has 1 aliphatic carbocycles. The van der Waals surface area contributed by atoms with Crippen molar-refractivity contribution in [2.45, 2.75) is 64.5 Å². The van der Waals surface area contributed by atoms with E-state index in [0.717, 1.165) is 18.3 Å². The van der Waals surface area contributed by atoms with Crippen LogP contribution in [0.4, 0.5) is 0 Å². The van der Waals surface area contributed by atoms with Gasteiger partial charge in [0.15, 0.2) is 0 Å². The molecule has 2 heteroatoms. The van der Waals surface area contributed by atoms with Gasteiger partial charge in [0, 0.05) is 13.2 Å². The number of rotatable bonds is 5. The minimum atomic E-state index is -0.0139. The van der Waals surface area contributed by atoms with Gasteiger partial charge in [-0.15, -0.1) is 0 Å². The Balaban J connectivity index is 2.66. The zero-order chi connectivity index (χ0) is 12.2. The lowest BCUT2D eigenvalue weighted by atomic mass is 9.73. The first-order chi connectivity index (χ1) is 7.57. The van der Waals surface area contributed by atoms with Gasteiger partial charge in [0.05, 0.1) is 5.60 Å². The van der Waals surface area contributed by atoms with Crippen molar-refractivity contribution in [2.24, 2.45) is 11.8 Å². The Morgan fingerprint density at radius 1 is 1.31 bits per heavy atom. The molecule has 0 saturated heterocycles. The molecule has 0 aliphatic heterocycles. The van der Waals surface area contributed by atoms with Crippen LogP contribution in [0.15, 0.2) is 0 Å². The van der Waals surface area contributed by atoms with E-state index in [4.69, 9.17) is 4.74 Å². The summed E-state index contributed by atoms with van der Waals surface area (Å²) >= 11 is 0. The van der Waals surface area contributed by atoms with Gasteiger partial charge in [0.2, 0.25) is 0 Å². The van der Waals surface area contributed by atoms with Crippen LogP contribution in [-0.4, -0.2) is 25.8 Å². The summed E-state index contributed by atoms with van der Waals surface area (Å²) in [6.07, 6.45) is 6.54. The predicted molar refractivity (Wildman–Crippen MR) is 69.7 cm³/mol. The third-order valence-corrected chi connectivity index (χ3v) is 4.67. The Kier molecular flexibility index (Phi) is 5.26. The summed E-state index contributed by atoms with van der Waals surface area (Å²) in [5.41, 5.74) is -0.0139. The molecule has 16 heavy (non-hydrogen) atoms. The van der Waals surface area contributed by atoms with E-state index in [9.17, 15) is 0 Å². The zero-order valence-electron chi connectivity index (χ0n) is 11.7. The van der Waals surface area contributed by atoms with Crippen LogP contribution in [-0.2, 0) is 4.74 Å². The van der Waals surface area contributed by atoms with Crippen LogP contribution < -0.4 is 5.32 Å². The second-order valence-corrected chi connectivity index (χ2v) is 5.66. The van der Waals surface area contributed by atoms with Crippen molar-refractivity contribution in [2.75, 3.05) is 14.2 Å². The van der Waals surface area contributed by atoms with E-state index >= 15 is 0 Å². The first-order valence-corrected chi connectivity index (χ1v) is 6.79. The molecular weight excluding hydrogens is 198 g/mol. The molecule has 2 nitrogen and oxygen atoms in total. The molecule has 0 bridgehead atoms. The molecule has 1 N–H and O–H groups in total. The maximum atomic E-state index is 5.76. The van der Waals surface area contributed by atoms with Gasteiger partial charge in [0.1, 0.15) is 0 Å². The molecule has 0 aromatic carbocycles. The van der Waals surface area contributed by atoms with Crippen molar-refractivity contribution < 1.29 is 4.74 Å². The van der Waals surface area contributed by atoms with E-state index < -0.39 is 0 Å². The number of likely N-dealkylation sites (N-methyl/N-ethyl adjacent to an activating group) is 1. The highest BCUT2D eigenvalue weighted by atomic mass is 16.5. The maximum absolute atomic E-state index is 5.76. The molecule has 96 valence electrons. The predicted octanol–water partition coefficient (Wildman–Crippen LogP) is 3.22. The van der Waals surface area contributed by atoms with Gasteiger partial charge in [-0.25, -0.2) is 0 Å². The number of hydrogen-bond donors (Lipinski definition) is 1. The minimum absolute atomic E-state index is 0.0139. The van der Waals surface area contributed by atoms with Crippen LogP contribution in [0.1, 0.15) is 52.9 Å². The Labute approximate surface area is 101 Å². The van der Waals surface area contributed by atoms with Crippen LogP contribution in [0, 0.1) is 11.8 Å². The Bertz CT molecular complexity index is 193. The van der Waals surface area contributed by atoms with Crippen LogP contribution >= 0.6 is 0 Å². The first kappa shape index (κ1) is 14.0. The molecule has 2 unspecified atom stereocenters. The Morgan fingerprint density at radius 2 is 1.88 bits per heavy atom. The largest absolute Gasteiger partial charge is 0.377 e. The molecule has 1 rings (SSSR count).